The van der Waals surface area contributed by atoms with Crippen LogP contribution < -0.4 is 5.32 Å². The molecule has 3 atom stereocenters. The molecule has 2 aliphatic rings. The maximum Gasteiger partial charge on any atom is 0.0250 e. The fourth-order valence-electron chi connectivity index (χ4n) is 3.95. The van der Waals surface area contributed by atoms with Crippen molar-refractivity contribution in [2.75, 3.05) is 33.7 Å². The lowest BCUT2D eigenvalue weighted by molar-refractivity contribution is 0.0418. The monoisotopic (exact) mass is 267 g/mol. The van der Waals surface area contributed by atoms with E-state index >= 15 is 0 Å². The summed E-state index contributed by atoms with van der Waals surface area (Å²) >= 11 is 0. The molecule has 1 heterocycles. The highest BCUT2D eigenvalue weighted by Gasteiger charge is 2.32. The minimum absolute atomic E-state index is 0.709. The lowest BCUT2D eigenvalue weighted by atomic mass is 9.90. The van der Waals surface area contributed by atoms with Crippen LogP contribution in [0, 0.1) is 0 Å². The van der Waals surface area contributed by atoms with E-state index in [0.717, 1.165) is 12.1 Å². The molecule has 3 heteroatoms. The first-order valence-corrected chi connectivity index (χ1v) is 8.37. The molecule has 0 spiro atoms. The lowest BCUT2D eigenvalue weighted by Crippen LogP contribution is -2.58. The predicted octanol–water partition coefficient (Wildman–Crippen LogP) is 2.32. The number of rotatable bonds is 3. The zero-order valence-electron chi connectivity index (χ0n) is 13.2. The average Bonchev–Trinajstić information content (AvgIpc) is 2.40. The van der Waals surface area contributed by atoms with E-state index in [1.165, 1.54) is 64.6 Å². The maximum atomic E-state index is 3.61. The van der Waals surface area contributed by atoms with Gasteiger partial charge in [0.2, 0.25) is 0 Å². The SMILES string of the molecule is CCC1CN(C2CCCCCCC2NC)CCN1C. The van der Waals surface area contributed by atoms with Crippen molar-refractivity contribution >= 4 is 0 Å². The minimum atomic E-state index is 0.709. The van der Waals surface area contributed by atoms with Crippen molar-refractivity contribution in [3.8, 4) is 0 Å². The lowest BCUT2D eigenvalue weighted by Gasteiger charge is -2.45. The summed E-state index contributed by atoms with van der Waals surface area (Å²) in [7, 11) is 4.45. The largest absolute Gasteiger partial charge is 0.315 e. The van der Waals surface area contributed by atoms with E-state index in [1.54, 1.807) is 0 Å². The van der Waals surface area contributed by atoms with Gasteiger partial charge in [0.15, 0.2) is 0 Å². The van der Waals surface area contributed by atoms with Gasteiger partial charge in [-0.2, -0.15) is 0 Å². The number of hydrogen-bond donors (Lipinski definition) is 1. The number of nitrogens with zero attached hydrogens (tertiary/aromatic N) is 2. The molecule has 0 aromatic rings. The van der Waals surface area contributed by atoms with Gasteiger partial charge in [-0.1, -0.05) is 32.6 Å². The van der Waals surface area contributed by atoms with Gasteiger partial charge >= 0.3 is 0 Å². The van der Waals surface area contributed by atoms with Gasteiger partial charge < -0.3 is 10.2 Å². The summed E-state index contributed by atoms with van der Waals surface area (Å²) in [5, 5.41) is 3.61. The molecule has 0 amide bonds. The van der Waals surface area contributed by atoms with Crippen molar-refractivity contribution in [3.63, 3.8) is 0 Å². The smallest absolute Gasteiger partial charge is 0.0250 e. The van der Waals surface area contributed by atoms with Crippen molar-refractivity contribution in [1.29, 1.82) is 0 Å². The summed E-state index contributed by atoms with van der Waals surface area (Å²) in [6.45, 7) is 6.11. The fraction of sp³-hybridized carbons (Fsp3) is 1.00. The van der Waals surface area contributed by atoms with Crippen LogP contribution in [0.3, 0.4) is 0 Å². The second-order valence-corrected chi connectivity index (χ2v) is 6.49. The van der Waals surface area contributed by atoms with Crippen LogP contribution in [0.5, 0.6) is 0 Å². The molecule has 2 rings (SSSR count). The Morgan fingerprint density at radius 2 is 1.79 bits per heavy atom. The Balaban J connectivity index is 1.99. The summed E-state index contributed by atoms with van der Waals surface area (Å²) in [5.74, 6) is 0. The van der Waals surface area contributed by atoms with Gasteiger partial charge in [-0.25, -0.2) is 0 Å². The number of hydrogen-bond acceptors (Lipinski definition) is 3. The predicted molar refractivity (Wildman–Crippen MR) is 82.6 cm³/mol. The third-order valence-corrected chi connectivity index (χ3v) is 5.35. The second kappa shape index (κ2) is 7.61. The van der Waals surface area contributed by atoms with Crippen LogP contribution in [-0.2, 0) is 0 Å². The topological polar surface area (TPSA) is 18.5 Å². The summed E-state index contributed by atoms with van der Waals surface area (Å²) in [6.07, 6.45) is 9.75. The molecule has 1 saturated carbocycles. The molecule has 19 heavy (non-hydrogen) atoms. The third-order valence-electron chi connectivity index (χ3n) is 5.35. The summed E-state index contributed by atoms with van der Waals surface area (Å²) in [5.41, 5.74) is 0. The van der Waals surface area contributed by atoms with Crippen LogP contribution in [0.2, 0.25) is 0 Å². The highest BCUT2D eigenvalue weighted by Crippen LogP contribution is 2.24. The summed E-state index contributed by atoms with van der Waals surface area (Å²) < 4.78 is 0. The van der Waals surface area contributed by atoms with E-state index in [0.29, 0.717) is 6.04 Å². The van der Waals surface area contributed by atoms with Crippen LogP contribution in [0.1, 0.15) is 51.9 Å². The Hall–Kier alpha value is -0.120. The van der Waals surface area contributed by atoms with E-state index in [2.05, 4.69) is 36.1 Å². The first-order chi connectivity index (χ1) is 9.26. The molecule has 0 aromatic carbocycles. The van der Waals surface area contributed by atoms with Crippen LogP contribution in [-0.4, -0.2) is 61.7 Å². The van der Waals surface area contributed by atoms with Crippen molar-refractivity contribution in [1.82, 2.24) is 15.1 Å². The zero-order chi connectivity index (χ0) is 13.7. The van der Waals surface area contributed by atoms with Crippen molar-refractivity contribution in [3.05, 3.63) is 0 Å². The minimum Gasteiger partial charge on any atom is -0.315 e. The maximum absolute atomic E-state index is 3.61. The molecular weight excluding hydrogens is 234 g/mol. The van der Waals surface area contributed by atoms with Gasteiger partial charge in [-0.05, 0) is 33.4 Å². The molecule has 1 saturated heterocycles. The molecule has 1 N–H and O–H groups in total. The van der Waals surface area contributed by atoms with E-state index < -0.39 is 0 Å². The summed E-state index contributed by atoms with van der Waals surface area (Å²) in [6, 6.07) is 2.24. The highest BCUT2D eigenvalue weighted by molar-refractivity contribution is 4.90. The quantitative estimate of drug-likeness (QED) is 0.846. The number of likely N-dealkylation sites (N-methyl/N-ethyl adjacent to an activating group) is 2. The van der Waals surface area contributed by atoms with E-state index in [-0.39, 0.29) is 0 Å². The summed E-state index contributed by atoms with van der Waals surface area (Å²) in [4.78, 5) is 5.34. The first-order valence-electron chi connectivity index (χ1n) is 8.37. The van der Waals surface area contributed by atoms with Gasteiger partial charge in [0.1, 0.15) is 0 Å². The van der Waals surface area contributed by atoms with Crippen LogP contribution in [0.15, 0.2) is 0 Å². The molecule has 3 nitrogen and oxygen atoms in total. The van der Waals surface area contributed by atoms with Gasteiger partial charge in [0, 0.05) is 37.8 Å². The van der Waals surface area contributed by atoms with Crippen LogP contribution in [0.25, 0.3) is 0 Å². The van der Waals surface area contributed by atoms with E-state index in [1.807, 2.05) is 0 Å². The van der Waals surface area contributed by atoms with Crippen molar-refractivity contribution < 1.29 is 0 Å². The Morgan fingerprint density at radius 1 is 1.05 bits per heavy atom. The number of nitrogens with one attached hydrogen (secondary N) is 1. The molecule has 112 valence electrons. The third kappa shape index (κ3) is 3.93. The van der Waals surface area contributed by atoms with Crippen molar-refractivity contribution in [2.24, 2.45) is 0 Å². The molecule has 0 radical (unpaired) electrons. The molecule has 1 aliphatic heterocycles. The molecule has 0 bridgehead atoms. The van der Waals surface area contributed by atoms with Gasteiger partial charge in [-0.15, -0.1) is 0 Å². The Labute approximate surface area is 119 Å². The van der Waals surface area contributed by atoms with E-state index in [4.69, 9.17) is 0 Å². The van der Waals surface area contributed by atoms with Crippen molar-refractivity contribution in [2.45, 2.75) is 70.0 Å². The fourth-order valence-corrected chi connectivity index (χ4v) is 3.95. The average molecular weight is 267 g/mol. The molecular formula is C16H33N3. The Kier molecular flexibility index (Phi) is 6.11. The molecule has 2 fully saturated rings. The normalized spacial score (nSPS) is 35.8. The van der Waals surface area contributed by atoms with Crippen LogP contribution >= 0.6 is 0 Å². The molecule has 3 unspecified atom stereocenters. The molecule has 1 aliphatic carbocycles. The standard InChI is InChI=1S/C16H33N3/c1-4-14-13-19(12-11-18(14)3)16-10-8-6-5-7-9-15(16)17-2/h14-17H,4-13H2,1-3H3. The Morgan fingerprint density at radius 3 is 2.47 bits per heavy atom. The van der Waals surface area contributed by atoms with Crippen LogP contribution in [0.4, 0.5) is 0 Å². The first kappa shape index (κ1) is 15.3. The zero-order valence-corrected chi connectivity index (χ0v) is 13.2. The second-order valence-electron chi connectivity index (χ2n) is 6.49. The van der Waals surface area contributed by atoms with Gasteiger partial charge in [0.05, 0.1) is 0 Å². The molecule has 0 aromatic heterocycles. The number of piperazine rings is 1. The van der Waals surface area contributed by atoms with E-state index in [9.17, 15) is 0 Å². The van der Waals surface area contributed by atoms with Gasteiger partial charge in [-0.3, -0.25) is 4.90 Å². The highest BCUT2D eigenvalue weighted by atomic mass is 15.3. The van der Waals surface area contributed by atoms with Gasteiger partial charge in [0.25, 0.3) is 0 Å². The Bertz CT molecular complexity index is 256.